The lowest BCUT2D eigenvalue weighted by molar-refractivity contribution is -0.146. The van der Waals surface area contributed by atoms with Gasteiger partial charge in [0.05, 0.1) is 18.2 Å². The van der Waals surface area contributed by atoms with Crippen molar-refractivity contribution in [2.24, 2.45) is 5.73 Å². The number of amides is 3. The van der Waals surface area contributed by atoms with E-state index in [1.165, 1.54) is 13.8 Å². The summed E-state index contributed by atoms with van der Waals surface area (Å²) in [5.74, 6) is -3.88. The van der Waals surface area contributed by atoms with E-state index in [0.29, 0.717) is 5.56 Å². The molecule has 1 aromatic carbocycles. The van der Waals surface area contributed by atoms with Crippen LogP contribution < -0.4 is 21.7 Å². The summed E-state index contributed by atoms with van der Waals surface area (Å²) in [7, 11) is 0. The van der Waals surface area contributed by atoms with Gasteiger partial charge in [0.1, 0.15) is 12.1 Å². The molecule has 1 aromatic rings. The second-order valence-electron chi connectivity index (χ2n) is 7.33. The second kappa shape index (κ2) is 13.0. The summed E-state index contributed by atoms with van der Waals surface area (Å²) < 4.78 is 0. The van der Waals surface area contributed by atoms with Gasteiger partial charge in [-0.05, 0) is 19.4 Å². The van der Waals surface area contributed by atoms with Gasteiger partial charge >= 0.3 is 5.97 Å². The van der Waals surface area contributed by atoms with Crippen LogP contribution in [0.5, 0.6) is 0 Å². The fourth-order valence-electron chi connectivity index (χ4n) is 2.71. The molecule has 32 heavy (non-hydrogen) atoms. The summed E-state index contributed by atoms with van der Waals surface area (Å²) in [6.45, 7) is 2.40. The Morgan fingerprint density at radius 1 is 0.906 bits per heavy atom. The Kier molecular flexibility index (Phi) is 11.1. The molecule has 6 atom stereocenters. The van der Waals surface area contributed by atoms with Gasteiger partial charge in [-0.2, -0.15) is 12.6 Å². The number of carbonyl (C=O) groups is 4. The van der Waals surface area contributed by atoms with Crippen molar-refractivity contribution in [3.05, 3.63) is 35.9 Å². The van der Waals surface area contributed by atoms with E-state index >= 15 is 0 Å². The van der Waals surface area contributed by atoms with E-state index in [-0.39, 0.29) is 12.2 Å². The molecular weight excluding hydrogens is 440 g/mol. The maximum absolute atomic E-state index is 12.9. The topological polar surface area (TPSA) is 191 Å². The third kappa shape index (κ3) is 8.46. The van der Waals surface area contributed by atoms with E-state index < -0.39 is 60.1 Å². The Bertz CT molecular complexity index is 791. The van der Waals surface area contributed by atoms with E-state index in [9.17, 15) is 29.4 Å². The number of nitrogens with two attached hydrogens (primary N) is 1. The van der Waals surface area contributed by atoms with Gasteiger partial charge in [0.2, 0.25) is 17.7 Å². The highest BCUT2D eigenvalue weighted by Crippen LogP contribution is 2.06. The number of hydrogen-bond donors (Lipinski definition) is 8. The number of carboxylic acids is 1. The van der Waals surface area contributed by atoms with E-state index in [1.54, 1.807) is 30.3 Å². The van der Waals surface area contributed by atoms with E-state index in [4.69, 9.17) is 10.8 Å². The minimum atomic E-state index is -1.64. The van der Waals surface area contributed by atoms with Crippen LogP contribution >= 0.6 is 12.6 Å². The van der Waals surface area contributed by atoms with Crippen molar-refractivity contribution in [2.75, 3.05) is 5.75 Å². The molecule has 0 radical (unpaired) electrons. The van der Waals surface area contributed by atoms with Gasteiger partial charge in [0, 0.05) is 12.2 Å². The van der Waals surface area contributed by atoms with Crippen LogP contribution in [0.15, 0.2) is 30.3 Å². The van der Waals surface area contributed by atoms with Gasteiger partial charge in [-0.3, -0.25) is 14.4 Å². The Labute approximate surface area is 191 Å². The summed E-state index contributed by atoms with van der Waals surface area (Å²) in [6.07, 6.45) is -2.76. The third-order valence-electron chi connectivity index (χ3n) is 4.56. The molecule has 0 spiro atoms. The number of aliphatic hydroxyl groups is 2. The van der Waals surface area contributed by atoms with Crippen LogP contribution in [0.1, 0.15) is 19.4 Å². The van der Waals surface area contributed by atoms with Crippen LogP contribution in [0.2, 0.25) is 0 Å². The van der Waals surface area contributed by atoms with Gasteiger partial charge in [-0.25, -0.2) is 4.79 Å². The Morgan fingerprint density at radius 2 is 1.44 bits per heavy atom. The van der Waals surface area contributed by atoms with Crippen molar-refractivity contribution < 1.29 is 34.5 Å². The van der Waals surface area contributed by atoms with E-state index in [2.05, 4.69) is 28.6 Å². The average molecular weight is 471 g/mol. The number of carbonyl (C=O) groups excluding carboxylic acids is 3. The highest BCUT2D eigenvalue weighted by molar-refractivity contribution is 7.80. The fraction of sp³-hybridized carbons (Fsp3) is 0.500. The predicted molar refractivity (Wildman–Crippen MR) is 119 cm³/mol. The molecular formula is C20H30N4O7S. The molecule has 178 valence electrons. The highest BCUT2D eigenvalue weighted by Gasteiger charge is 2.34. The molecule has 0 aliphatic heterocycles. The molecule has 0 saturated carbocycles. The Morgan fingerprint density at radius 3 is 1.91 bits per heavy atom. The number of aliphatic hydroxyl groups excluding tert-OH is 2. The number of nitrogens with one attached hydrogen (secondary N) is 3. The van der Waals surface area contributed by atoms with Crippen LogP contribution in [-0.4, -0.2) is 81.1 Å². The lowest BCUT2D eigenvalue weighted by Crippen LogP contribution is -2.61. The van der Waals surface area contributed by atoms with Gasteiger partial charge in [-0.15, -0.1) is 0 Å². The number of hydrogen-bond acceptors (Lipinski definition) is 8. The molecule has 3 amide bonds. The number of benzene rings is 1. The van der Waals surface area contributed by atoms with E-state index in [0.717, 1.165) is 0 Å². The zero-order chi connectivity index (χ0) is 24.4. The predicted octanol–water partition coefficient (Wildman–Crippen LogP) is -2.21. The maximum atomic E-state index is 12.9. The summed E-state index contributed by atoms with van der Waals surface area (Å²) in [5, 5.41) is 35.6. The zero-order valence-electron chi connectivity index (χ0n) is 17.8. The first-order valence-corrected chi connectivity index (χ1v) is 10.5. The van der Waals surface area contributed by atoms with Crippen molar-refractivity contribution in [2.45, 2.75) is 56.6 Å². The first-order chi connectivity index (χ1) is 15.0. The van der Waals surface area contributed by atoms with Crippen molar-refractivity contribution >= 4 is 36.3 Å². The van der Waals surface area contributed by atoms with Crippen molar-refractivity contribution in [3.8, 4) is 0 Å². The average Bonchev–Trinajstić information content (AvgIpc) is 2.74. The fourth-order valence-corrected chi connectivity index (χ4v) is 2.88. The van der Waals surface area contributed by atoms with Gasteiger partial charge in [-0.1, -0.05) is 30.3 Å². The molecule has 0 fully saturated rings. The molecule has 0 aliphatic carbocycles. The van der Waals surface area contributed by atoms with Crippen LogP contribution in [-0.2, 0) is 25.6 Å². The first kappa shape index (κ1) is 27.4. The van der Waals surface area contributed by atoms with E-state index in [1.807, 2.05) is 0 Å². The molecule has 0 aromatic heterocycles. The van der Waals surface area contributed by atoms with Gasteiger partial charge in [0.25, 0.3) is 0 Å². The molecule has 0 heterocycles. The second-order valence-corrected chi connectivity index (χ2v) is 7.70. The molecule has 0 saturated heterocycles. The first-order valence-electron chi connectivity index (χ1n) is 9.88. The molecule has 1 rings (SSSR count). The van der Waals surface area contributed by atoms with Gasteiger partial charge < -0.3 is 37.0 Å². The van der Waals surface area contributed by atoms with Crippen LogP contribution in [0.4, 0.5) is 0 Å². The standard InChI is InChI=1S/C20H30N4O7S/c1-10(25)15(19(29)24-16(11(2)26)20(30)31)23-18(28)14(22-17(27)13(21)9-32)8-12-6-4-3-5-7-12/h3-7,10-11,13-16,25-26,32H,8-9,21H2,1-2H3,(H,22,27)(H,23,28)(H,24,29)(H,30,31). The largest absolute Gasteiger partial charge is 0.480 e. The SMILES string of the molecule is CC(O)C(NC(=O)C(NC(=O)C(Cc1ccccc1)NC(=O)C(N)CS)C(C)O)C(=O)O. The molecule has 6 unspecified atom stereocenters. The monoisotopic (exact) mass is 470 g/mol. The highest BCUT2D eigenvalue weighted by atomic mass is 32.1. The minimum absolute atomic E-state index is 0.0418. The normalized spacial score (nSPS) is 16.6. The minimum Gasteiger partial charge on any atom is -0.480 e. The third-order valence-corrected chi connectivity index (χ3v) is 4.95. The Balaban J connectivity index is 3.05. The number of aliphatic carboxylic acids is 1. The summed E-state index contributed by atoms with van der Waals surface area (Å²) >= 11 is 3.96. The summed E-state index contributed by atoms with van der Waals surface area (Å²) in [5.41, 5.74) is 6.38. The van der Waals surface area contributed by atoms with Gasteiger partial charge in [0.15, 0.2) is 6.04 Å². The van der Waals surface area contributed by atoms with Crippen molar-refractivity contribution in [1.82, 2.24) is 16.0 Å². The number of thiol groups is 1. The molecule has 12 heteroatoms. The number of rotatable bonds is 12. The number of carboxylic acid groups (broad SMARTS) is 1. The molecule has 0 aliphatic rings. The van der Waals surface area contributed by atoms with Crippen LogP contribution in [0.25, 0.3) is 0 Å². The van der Waals surface area contributed by atoms with Crippen molar-refractivity contribution in [1.29, 1.82) is 0 Å². The molecule has 8 N–H and O–H groups in total. The molecule has 0 bridgehead atoms. The lowest BCUT2D eigenvalue weighted by Gasteiger charge is -2.27. The van der Waals surface area contributed by atoms with Crippen molar-refractivity contribution in [3.63, 3.8) is 0 Å². The lowest BCUT2D eigenvalue weighted by atomic mass is 10.0. The smallest absolute Gasteiger partial charge is 0.328 e. The Hall–Kier alpha value is -2.67. The maximum Gasteiger partial charge on any atom is 0.328 e. The summed E-state index contributed by atoms with van der Waals surface area (Å²) in [6, 6.07) is 3.46. The van der Waals surface area contributed by atoms with Crippen LogP contribution in [0.3, 0.4) is 0 Å². The zero-order valence-corrected chi connectivity index (χ0v) is 18.7. The molecule has 11 nitrogen and oxygen atoms in total. The summed E-state index contributed by atoms with van der Waals surface area (Å²) in [4.78, 5) is 48.9. The quantitative estimate of drug-likeness (QED) is 0.158. The van der Waals surface area contributed by atoms with Crippen LogP contribution in [0, 0.1) is 0 Å².